The molecule has 0 radical (unpaired) electrons. The Balaban J connectivity index is 2.00. The third-order valence-electron chi connectivity index (χ3n) is 2.63. The summed E-state index contributed by atoms with van der Waals surface area (Å²) in [6, 6.07) is 5.97. The Bertz CT molecular complexity index is 521. The van der Waals surface area contributed by atoms with Crippen molar-refractivity contribution in [3.05, 3.63) is 35.7 Å². The molecule has 0 spiro atoms. The van der Waals surface area contributed by atoms with Gasteiger partial charge in [-0.1, -0.05) is 0 Å². The van der Waals surface area contributed by atoms with Crippen molar-refractivity contribution >= 4 is 11.6 Å². The second kappa shape index (κ2) is 3.83. The van der Waals surface area contributed by atoms with Gasteiger partial charge in [-0.15, -0.1) is 11.6 Å². The van der Waals surface area contributed by atoms with E-state index in [0.29, 0.717) is 11.8 Å². The Labute approximate surface area is 98.0 Å². The van der Waals surface area contributed by atoms with Gasteiger partial charge in [0.05, 0.1) is 18.2 Å². The molecular formula is C12H10ClNO2. The van der Waals surface area contributed by atoms with E-state index in [1.807, 2.05) is 12.1 Å². The second-order valence-electron chi connectivity index (χ2n) is 3.70. The van der Waals surface area contributed by atoms with Crippen molar-refractivity contribution in [3.8, 4) is 17.2 Å². The molecule has 82 valence electrons. The van der Waals surface area contributed by atoms with Crippen LogP contribution in [0.5, 0.6) is 5.75 Å². The summed E-state index contributed by atoms with van der Waals surface area (Å²) >= 11 is 5.68. The maximum absolute atomic E-state index is 5.68. The molecular weight excluding hydrogens is 226 g/mol. The number of benzene rings is 1. The van der Waals surface area contributed by atoms with Gasteiger partial charge < -0.3 is 9.15 Å². The lowest BCUT2D eigenvalue weighted by atomic mass is 10.1. The summed E-state index contributed by atoms with van der Waals surface area (Å²) in [5.41, 5.74) is 2.94. The van der Waals surface area contributed by atoms with Crippen molar-refractivity contribution in [1.29, 1.82) is 0 Å². The topological polar surface area (TPSA) is 35.3 Å². The number of fused-ring (bicyclic) bond motifs is 1. The molecule has 2 heterocycles. The van der Waals surface area contributed by atoms with E-state index in [1.54, 1.807) is 6.26 Å². The quantitative estimate of drug-likeness (QED) is 0.751. The van der Waals surface area contributed by atoms with Crippen LogP contribution in [0, 0.1) is 0 Å². The molecule has 0 saturated heterocycles. The van der Waals surface area contributed by atoms with Crippen LogP contribution >= 0.6 is 11.6 Å². The van der Waals surface area contributed by atoms with Crippen LogP contribution < -0.4 is 4.74 Å². The molecule has 4 heteroatoms. The number of ether oxygens (including phenoxy) is 1. The molecule has 3 nitrogen and oxygen atoms in total. The summed E-state index contributed by atoms with van der Waals surface area (Å²) in [5.74, 6) is 1.95. The highest BCUT2D eigenvalue weighted by Gasteiger charge is 2.14. The third-order valence-corrected chi connectivity index (χ3v) is 2.90. The minimum absolute atomic E-state index is 0.373. The zero-order valence-electron chi connectivity index (χ0n) is 8.57. The molecule has 1 aromatic carbocycles. The van der Waals surface area contributed by atoms with Crippen LogP contribution in [0.3, 0.4) is 0 Å². The number of oxazole rings is 1. The molecule has 2 aromatic rings. The van der Waals surface area contributed by atoms with Gasteiger partial charge >= 0.3 is 0 Å². The summed E-state index contributed by atoms with van der Waals surface area (Å²) in [7, 11) is 0. The van der Waals surface area contributed by atoms with E-state index >= 15 is 0 Å². The molecule has 1 aromatic heterocycles. The molecule has 0 amide bonds. The highest BCUT2D eigenvalue weighted by atomic mass is 35.5. The maximum atomic E-state index is 5.68. The number of halogens is 1. The van der Waals surface area contributed by atoms with Gasteiger partial charge in [0.15, 0.2) is 0 Å². The zero-order valence-corrected chi connectivity index (χ0v) is 9.33. The van der Waals surface area contributed by atoms with Gasteiger partial charge in [-0.3, -0.25) is 0 Å². The Hall–Kier alpha value is -1.48. The first-order chi connectivity index (χ1) is 7.86. The van der Waals surface area contributed by atoms with Gasteiger partial charge in [-0.25, -0.2) is 4.98 Å². The fourth-order valence-corrected chi connectivity index (χ4v) is 1.94. The van der Waals surface area contributed by atoms with Crippen molar-refractivity contribution in [2.75, 3.05) is 6.61 Å². The predicted molar refractivity (Wildman–Crippen MR) is 60.7 cm³/mol. The number of hydrogen-bond donors (Lipinski definition) is 0. The fourth-order valence-electron chi connectivity index (χ4n) is 1.82. The van der Waals surface area contributed by atoms with Crippen molar-refractivity contribution in [1.82, 2.24) is 4.98 Å². The number of hydrogen-bond acceptors (Lipinski definition) is 3. The Morgan fingerprint density at radius 1 is 1.38 bits per heavy atom. The summed E-state index contributed by atoms with van der Waals surface area (Å²) < 4.78 is 10.8. The molecule has 3 rings (SSSR count). The average molecular weight is 236 g/mol. The lowest BCUT2D eigenvalue weighted by Gasteiger charge is -2.00. The summed E-state index contributed by atoms with van der Waals surface area (Å²) in [6.07, 6.45) is 2.54. The molecule has 0 N–H and O–H groups in total. The first-order valence-corrected chi connectivity index (χ1v) is 5.67. The molecule has 0 unspecified atom stereocenters. The van der Waals surface area contributed by atoms with Crippen LogP contribution in [0.2, 0.25) is 0 Å². The smallest absolute Gasteiger partial charge is 0.226 e. The van der Waals surface area contributed by atoms with Gasteiger partial charge in [-0.05, 0) is 23.8 Å². The summed E-state index contributed by atoms with van der Waals surface area (Å²) in [6.45, 7) is 0.761. The maximum Gasteiger partial charge on any atom is 0.226 e. The molecule has 0 atom stereocenters. The molecule has 0 saturated carbocycles. The van der Waals surface area contributed by atoms with E-state index in [1.165, 1.54) is 5.56 Å². The minimum Gasteiger partial charge on any atom is -0.493 e. The molecule has 16 heavy (non-hydrogen) atoms. The van der Waals surface area contributed by atoms with Crippen LogP contribution in [-0.2, 0) is 12.3 Å². The normalized spacial score (nSPS) is 13.6. The standard InChI is InChI=1S/C12H10ClNO2/c13-6-10-7-16-12(14-10)9-1-2-11-8(5-9)3-4-15-11/h1-2,5,7H,3-4,6H2. The largest absolute Gasteiger partial charge is 0.493 e. The van der Waals surface area contributed by atoms with Crippen molar-refractivity contribution in [3.63, 3.8) is 0 Å². The molecule has 1 aliphatic heterocycles. The Morgan fingerprint density at radius 3 is 3.12 bits per heavy atom. The van der Waals surface area contributed by atoms with Crippen molar-refractivity contribution < 1.29 is 9.15 Å². The van der Waals surface area contributed by atoms with E-state index in [0.717, 1.165) is 30.0 Å². The van der Waals surface area contributed by atoms with Crippen molar-refractivity contribution in [2.24, 2.45) is 0 Å². The van der Waals surface area contributed by atoms with Crippen LogP contribution in [0.4, 0.5) is 0 Å². The number of alkyl halides is 1. The lowest BCUT2D eigenvalue weighted by Crippen LogP contribution is -1.85. The number of aromatic nitrogens is 1. The third kappa shape index (κ3) is 1.57. The monoisotopic (exact) mass is 235 g/mol. The van der Waals surface area contributed by atoms with Crippen LogP contribution in [-0.4, -0.2) is 11.6 Å². The van der Waals surface area contributed by atoms with Gasteiger partial charge in [0.1, 0.15) is 12.0 Å². The highest BCUT2D eigenvalue weighted by molar-refractivity contribution is 6.16. The average Bonchev–Trinajstić information content (AvgIpc) is 2.96. The molecule has 0 aliphatic carbocycles. The predicted octanol–water partition coefficient (Wildman–Crippen LogP) is 3.02. The Kier molecular flexibility index (Phi) is 2.33. The van der Waals surface area contributed by atoms with Gasteiger partial charge in [0.2, 0.25) is 5.89 Å². The van der Waals surface area contributed by atoms with Crippen LogP contribution in [0.15, 0.2) is 28.9 Å². The van der Waals surface area contributed by atoms with E-state index in [4.69, 9.17) is 20.8 Å². The Morgan fingerprint density at radius 2 is 2.31 bits per heavy atom. The minimum atomic E-state index is 0.373. The van der Waals surface area contributed by atoms with Gasteiger partial charge in [0.25, 0.3) is 0 Å². The van der Waals surface area contributed by atoms with Crippen molar-refractivity contribution in [2.45, 2.75) is 12.3 Å². The van der Waals surface area contributed by atoms with E-state index in [-0.39, 0.29) is 0 Å². The van der Waals surface area contributed by atoms with Crippen LogP contribution in [0.25, 0.3) is 11.5 Å². The fraction of sp³-hybridized carbons (Fsp3) is 0.250. The van der Waals surface area contributed by atoms with E-state index in [9.17, 15) is 0 Å². The van der Waals surface area contributed by atoms with E-state index in [2.05, 4.69) is 11.1 Å². The summed E-state index contributed by atoms with van der Waals surface area (Å²) in [4.78, 5) is 4.29. The number of nitrogens with zero attached hydrogens (tertiary/aromatic N) is 1. The molecule has 1 aliphatic rings. The first-order valence-electron chi connectivity index (χ1n) is 5.13. The summed E-state index contributed by atoms with van der Waals surface area (Å²) in [5, 5.41) is 0. The zero-order chi connectivity index (χ0) is 11.0. The first kappa shape index (κ1) is 9.73. The van der Waals surface area contributed by atoms with Gasteiger partial charge in [-0.2, -0.15) is 0 Å². The number of rotatable bonds is 2. The molecule has 0 fully saturated rings. The lowest BCUT2D eigenvalue weighted by molar-refractivity contribution is 0.357. The van der Waals surface area contributed by atoms with Gasteiger partial charge in [0, 0.05) is 12.0 Å². The van der Waals surface area contributed by atoms with E-state index < -0.39 is 0 Å². The highest BCUT2D eigenvalue weighted by Crippen LogP contribution is 2.30. The van der Waals surface area contributed by atoms with Crippen LogP contribution in [0.1, 0.15) is 11.3 Å². The second-order valence-corrected chi connectivity index (χ2v) is 3.97. The molecule has 0 bridgehead atoms. The SMILES string of the molecule is ClCc1coc(-c2ccc3c(c2)CCO3)n1.